The van der Waals surface area contributed by atoms with E-state index in [1.807, 2.05) is 0 Å². The maximum absolute atomic E-state index is 6.64. The van der Waals surface area contributed by atoms with Crippen LogP contribution in [0.1, 0.15) is 54.9 Å². The standard InChI is InChI=1S/C50H62ClN11S/c1-6-37-26-41(12-14-45(37)55-50-52-28-44(51)49(56-50)54-46-9-7-8-38-16-21-62(63-5)48(38)46)58-19-17-40(18-20-58)59-24-22-57(23-25-59)29-36-30-60(31-36)42-11-13-43-35(4)61(32-39(43)27-42)47-15-10-33(2)53-34(47)3/h7-9,11-14,26-28,36,40,47,53H,2-4,6,10,15-25,29-32H2,1,5H3,(H2,52,54,55,56). The second-order valence-electron chi connectivity index (χ2n) is 18.2. The van der Waals surface area contributed by atoms with Crippen LogP contribution in [0.25, 0.3) is 5.70 Å². The van der Waals surface area contributed by atoms with E-state index in [1.165, 1.54) is 84.9 Å². The minimum Gasteiger partial charge on any atom is -0.371 e. The summed E-state index contributed by atoms with van der Waals surface area (Å²) in [5, 5.41) is 10.9. The Morgan fingerprint density at radius 3 is 2.41 bits per heavy atom. The Labute approximate surface area is 383 Å². The highest BCUT2D eigenvalue weighted by atomic mass is 35.5. The van der Waals surface area contributed by atoms with Crippen LogP contribution in [0, 0.1) is 5.92 Å². The van der Waals surface area contributed by atoms with E-state index in [4.69, 9.17) is 16.6 Å². The second kappa shape index (κ2) is 17.9. The number of nitrogens with zero attached hydrogens (tertiary/aromatic N) is 8. The number of hydrogen-bond acceptors (Lipinski definition) is 12. The SMILES string of the molecule is C=C1CCC(N2Cc3cc(N4CC(CN5CCN(C6CCN(c7ccc(Nc8ncc(Cl)c(Nc9cccc%10c9N(SC)CC%10)n8)c(CC)c7)CC6)CC5)C4)ccc3C2=C)C(=C)N1. The normalized spacial score (nSPS) is 21.1. The van der Waals surface area contributed by atoms with Gasteiger partial charge in [0.2, 0.25) is 5.95 Å². The lowest BCUT2D eigenvalue weighted by Gasteiger charge is -2.46. The molecule has 0 amide bonds. The topological polar surface area (TPSA) is 81.3 Å². The Hall–Kier alpha value is -4.88. The van der Waals surface area contributed by atoms with Gasteiger partial charge in [-0.15, -0.1) is 0 Å². The molecule has 3 N–H and O–H groups in total. The monoisotopic (exact) mass is 883 g/mol. The largest absolute Gasteiger partial charge is 0.371 e. The molecule has 1 aromatic heterocycles. The molecule has 0 aliphatic carbocycles. The molecule has 4 aromatic rings. The number of halogens is 1. The molecule has 0 radical (unpaired) electrons. The summed E-state index contributed by atoms with van der Waals surface area (Å²) in [4.78, 5) is 22.5. The Kier molecular flexibility index (Phi) is 12.0. The minimum atomic E-state index is 0.270. The lowest BCUT2D eigenvalue weighted by atomic mass is 9.96. The van der Waals surface area contributed by atoms with Crippen molar-refractivity contribution in [3.8, 4) is 0 Å². The van der Waals surface area contributed by atoms with Gasteiger partial charge in [0, 0.05) is 130 Å². The number of aromatic nitrogens is 2. The van der Waals surface area contributed by atoms with Crippen LogP contribution in [0.2, 0.25) is 5.02 Å². The zero-order chi connectivity index (χ0) is 43.2. The number of piperidine rings is 2. The Balaban J connectivity index is 0.676. The van der Waals surface area contributed by atoms with E-state index < -0.39 is 0 Å². The first-order chi connectivity index (χ1) is 30.7. The van der Waals surface area contributed by atoms with Crippen molar-refractivity contribution in [1.29, 1.82) is 0 Å². The van der Waals surface area contributed by atoms with Gasteiger partial charge in [-0.3, -0.25) is 4.90 Å². The number of benzene rings is 3. The fourth-order valence-electron chi connectivity index (χ4n) is 10.8. The zero-order valence-electron chi connectivity index (χ0n) is 37.0. The molecule has 4 fully saturated rings. The highest BCUT2D eigenvalue weighted by Gasteiger charge is 2.35. The molecule has 11 nitrogen and oxygen atoms in total. The van der Waals surface area contributed by atoms with Crippen LogP contribution in [-0.4, -0.2) is 108 Å². The van der Waals surface area contributed by atoms with Gasteiger partial charge in [-0.25, -0.2) is 4.98 Å². The van der Waals surface area contributed by atoms with E-state index >= 15 is 0 Å². The minimum absolute atomic E-state index is 0.270. The summed E-state index contributed by atoms with van der Waals surface area (Å²) in [5.74, 6) is 1.85. The summed E-state index contributed by atoms with van der Waals surface area (Å²) < 4.78 is 2.32. The molecule has 6 aliphatic heterocycles. The first kappa shape index (κ1) is 42.1. The fourth-order valence-corrected chi connectivity index (χ4v) is 11.7. The number of hydrogen-bond donors (Lipinski definition) is 3. The maximum Gasteiger partial charge on any atom is 0.229 e. The lowest BCUT2D eigenvalue weighted by Crippen LogP contribution is -2.57. The van der Waals surface area contributed by atoms with E-state index in [0.717, 1.165) is 99.3 Å². The third-order valence-electron chi connectivity index (χ3n) is 14.4. The fraction of sp³-hybridized carbons (Fsp3) is 0.440. The average Bonchev–Trinajstić information content (AvgIpc) is 3.87. The number of piperazine rings is 1. The van der Waals surface area contributed by atoms with Crippen LogP contribution >= 0.6 is 23.5 Å². The van der Waals surface area contributed by atoms with Crippen molar-refractivity contribution in [3.63, 3.8) is 0 Å². The van der Waals surface area contributed by atoms with Crippen molar-refractivity contribution < 1.29 is 0 Å². The van der Waals surface area contributed by atoms with Crippen LogP contribution < -0.4 is 30.1 Å². The van der Waals surface area contributed by atoms with Gasteiger partial charge in [0.15, 0.2) is 5.82 Å². The van der Waals surface area contributed by atoms with Crippen molar-refractivity contribution in [1.82, 2.24) is 30.0 Å². The molecular weight excluding hydrogens is 822 g/mol. The van der Waals surface area contributed by atoms with E-state index in [1.54, 1.807) is 18.1 Å². The van der Waals surface area contributed by atoms with E-state index in [0.29, 0.717) is 22.8 Å². The van der Waals surface area contributed by atoms with Gasteiger partial charge < -0.3 is 39.9 Å². The first-order valence-electron chi connectivity index (χ1n) is 23.0. The van der Waals surface area contributed by atoms with Crippen LogP contribution in [-0.2, 0) is 19.4 Å². The quantitative estimate of drug-likeness (QED) is 0.119. The van der Waals surface area contributed by atoms with Gasteiger partial charge in [0.25, 0.3) is 0 Å². The van der Waals surface area contributed by atoms with Crippen LogP contribution in [0.3, 0.4) is 0 Å². The van der Waals surface area contributed by atoms with E-state index in [9.17, 15) is 0 Å². The molecule has 7 heterocycles. The molecule has 1 unspecified atom stereocenters. The highest BCUT2D eigenvalue weighted by molar-refractivity contribution is 8.00. The van der Waals surface area contributed by atoms with Crippen LogP contribution in [0.15, 0.2) is 91.9 Å². The summed E-state index contributed by atoms with van der Waals surface area (Å²) >= 11 is 8.37. The number of fused-ring (bicyclic) bond motifs is 2. The first-order valence-corrected chi connectivity index (χ1v) is 24.6. The molecule has 63 heavy (non-hydrogen) atoms. The number of rotatable bonds is 12. The number of anilines is 7. The van der Waals surface area contributed by atoms with E-state index in [2.05, 4.69) is 137 Å². The maximum atomic E-state index is 6.64. The molecule has 0 bridgehead atoms. The Morgan fingerprint density at radius 1 is 0.841 bits per heavy atom. The van der Waals surface area contributed by atoms with Crippen LogP contribution in [0.4, 0.5) is 40.2 Å². The van der Waals surface area contributed by atoms with Gasteiger partial charge in [-0.2, -0.15) is 4.98 Å². The number of aryl methyl sites for hydroxylation is 1. The molecule has 0 spiro atoms. The molecule has 6 aliphatic rings. The third kappa shape index (κ3) is 8.59. The third-order valence-corrected chi connectivity index (χ3v) is 15.5. The predicted octanol–water partition coefficient (Wildman–Crippen LogP) is 9.11. The number of para-hydroxylation sites is 1. The average molecular weight is 885 g/mol. The Morgan fingerprint density at radius 2 is 1.63 bits per heavy atom. The van der Waals surface area contributed by atoms with Gasteiger partial charge in [0.05, 0.1) is 23.6 Å². The molecule has 3 aromatic carbocycles. The molecular formula is C50H62ClN11S. The number of allylic oxidation sites excluding steroid dienone is 1. The highest BCUT2D eigenvalue weighted by Crippen LogP contribution is 2.42. The van der Waals surface area contributed by atoms with Crippen molar-refractivity contribution in [3.05, 3.63) is 119 Å². The summed E-state index contributed by atoms with van der Waals surface area (Å²) in [7, 11) is 0. The molecule has 4 saturated heterocycles. The van der Waals surface area contributed by atoms with Gasteiger partial charge >= 0.3 is 0 Å². The second-order valence-corrected chi connectivity index (χ2v) is 19.4. The molecule has 13 heteroatoms. The lowest BCUT2D eigenvalue weighted by molar-refractivity contribution is 0.0731. The van der Waals surface area contributed by atoms with Crippen molar-refractivity contribution in [2.24, 2.45) is 5.92 Å². The van der Waals surface area contributed by atoms with Gasteiger partial charge in [-0.1, -0.05) is 68.4 Å². The zero-order valence-corrected chi connectivity index (χ0v) is 38.6. The van der Waals surface area contributed by atoms with Crippen molar-refractivity contribution in [2.45, 2.75) is 64.1 Å². The van der Waals surface area contributed by atoms with Gasteiger partial charge in [-0.05, 0) is 91.6 Å². The molecule has 1 atom stereocenters. The summed E-state index contributed by atoms with van der Waals surface area (Å²) in [5.41, 5.74) is 14.4. The number of nitrogens with one attached hydrogen (secondary N) is 3. The summed E-state index contributed by atoms with van der Waals surface area (Å²) in [6.45, 7) is 27.4. The smallest absolute Gasteiger partial charge is 0.229 e. The summed E-state index contributed by atoms with van der Waals surface area (Å²) in [6.07, 6.45) is 10.2. The van der Waals surface area contributed by atoms with E-state index in [-0.39, 0.29) is 6.04 Å². The van der Waals surface area contributed by atoms with Gasteiger partial charge in [0.1, 0.15) is 5.02 Å². The van der Waals surface area contributed by atoms with Crippen LogP contribution in [0.5, 0.6) is 0 Å². The molecule has 0 saturated carbocycles. The summed E-state index contributed by atoms with van der Waals surface area (Å²) in [6, 6.07) is 21.1. The van der Waals surface area contributed by atoms with Crippen molar-refractivity contribution >= 4 is 69.4 Å². The molecule has 10 rings (SSSR count). The predicted molar refractivity (Wildman–Crippen MR) is 265 cm³/mol. The molecule has 330 valence electrons. The Bertz CT molecular complexity index is 2380. The van der Waals surface area contributed by atoms with Crippen molar-refractivity contribution in [2.75, 3.05) is 96.4 Å².